The van der Waals surface area contributed by atoms with E-state index in [-0.39, 0.29) is 11.8 Å². The van der Waals surface area contributed by atoms with E-state index in [1.807, 2.05) is 6.92 Å². The summed E-state index contributed by atoms with van der Waals surface area (Å²) in [5, 5.41) is 13.8. The van der Waals surface area contributed by atoms with E-state index in [1.165, 1.54) is 0 Å². The van der Waals surface area contributed by atoms with Gasteiger partial charge in [-0.1, -0.05) is 17.7 Å². The van der Waals surface area contributed by atoms with Crippen molar-refractivity contribution in [3.63, 3.8) is 0 Å². The second-order valence-corrected chi connectivity index (χ2v) is 5.49. The van der Waals surface area contributed by atoms with Gasteiger partial charge in [-0.2, -0.15) is 0 Å². The Morgan fingerprint density at radius 1 is 1.48 bits per heavy atom. The van der Waals surface area contributed by atoms with Gasteiger partial charge in [-0.3, -0.25) is 0 Å². The monoisotopic (exact) mass is 312 g/mol. The van der Waals surface area contributed by atoms with Crippen LogP contribution < -0.4 is 5.32 Å². The molecule has 0 atom stereocenters. The molecule has 5 nitrogen and oxygen atoms in total. The van der Waals surface area contributed by atoms with Crippen LogP contribution in [-0.2, 0) is 11.3 Å². The van der Waals surface area contributed by atoms with Gasteiger partial charge in [-0.15, -0.1) is 0 Å². The molecule has 1 saturated heterocycles. The summed E-state index contributed by atoms with van der Waals surface area (Å²) < 4.78 is 4.99. The average Bonchev–Trinajstić information content (AvgIpc) is 2.47. The summed E-state index contributed by atoms with van der Waals surface area (Å²) in [6.07, 6.45) is 1.49. The molecule has 2 N–H and O–H groups in total. The van der Waals surface area contributed by atoms with Crippen molar-refractivity contribution in [2.75, 3.05) is 19.7 Å². The second-order valence-electron chi connectivity index (χ2n) is 5.08. The molecule has 1 aromatic rings. The molecular weight excluding hydrogens is 292 g/mol. The van der Waals surface area contributed by atoms with E-state index in [2.05, 4.69) is 5.32 Å². The van der Waals surface area contributed by atoms with Crippen molar-refractivity contribution in [1.29, 1.82) is 0 Å². The van der Waals surface area contributed by atoms with Gasteiger partial charge < -0.3 is 20.1 Å². The van der Waals surface area contributed by atoms with E-state index in [9.17, 15) is 9.90 Å². The summed E-state index contributed by atoms with van der Waals surface area (Å²) in [5.41, 5.74) is 0.715. The van der Waals surface area contributed by atoms with Crippen LogP contribution in [0.2, 0.25) is 5.02 Å². The SMILES string of the molecule is CCOC(=O)N1CCC(NCc2c(O)cccc2Cl)CC1. The predicted octanol–water partition coefficient (Wildman–Crippen LogP) is 2.76. The lowest BCUT2D eigenvalue weighted by molar-refractivity contribution is 0.0950. The fourth-order valence-corrected chi connectivity index (χ4v) is 2.69. The number of carbonyl (C=O) groups is 1. The summed E-state index contributed by atoms with van der Waals surface area (Å²) in [6.45, 7) is 4.11. The van der Waals surface area contributed by atoms with Crippen molar-refractivity contribution in [2.45, 2.75) is 32.4 Å². The number of likely N-dealkylation sites (tertiary alicyclic amines) is 1. The smallest absolute Gasteiger partial charge is 0.409 e. The zero-order valence-electron chi connectivity index (χ0n) is 12.1. The number of benzene rings is 1. The first-order chi connectivity index (χ1) is 10.1. The van der Waals surface area contributed by atoms with Gasteiger partial charge in [0.25, 0.3) is 0 Å². The summed E-state index contributed by atoms with van der Waals surface area (Å²) in [6, 6.07) is 5.43. The van der Waals surface area contributed by atoms with Crippen LogP contribution in [-0.4, -0.2) is 41.8 Å². The summed E-state index contributed by atoms with van der Waals surface area (Å²) in [5.74, 6) is 0.207. The molecular formula is C15H21ClN2O3. The van der Waals surface area contributed by atoms with Crippen LogP contribution in [0.1, 0.15) is 25.3 Å². The second kappa shape index (κ2) is 7.52. The number of halogens is 1. The van der Waals surface area contributed by atoms with Gasteiger partial charge >= 0.3 is 6.09 Å². The summed E-state index contributed by atoms with van der Waals surface area (Å²) >= 11 is 6.08. The highest BCUT2D eigenvalue weighted by atomic mass is 35.5. The molecule has 21 heavy (non-hydrogen) atoms. The number of rotatable bonds is 4. The van der Waals surface area contributed by atoms with Gasteiger partial charge in [0.15, 0.2) is 0 Å². The minimum Gasteiger partial charge on any atom is -0.508 e. The Morgan fingerprint density at radius 3 is 2.81 bits per heavy atom. The molecule has 116 valence electrons. The lowest BCUT2D eigenvalue weighted by Gasteiger charge is -2.31. The molecule has 0 saturated carbocycles. The van der Waals surface area contributed by atoms with Gasteiger partial charge in [0.05, 0.1) is 6.61 Å². The van der Waals surface area contributed by atoms with E-state index in [0.29, 0.717) is 42.9 Å². The van der Waals surface area contributed by atoms with Crippen molar-refractivity contribution in [3.8, 4) is 5.75 Å². The Morgan fingerprint density at radius 2 is 2.19 bits per heavy atom. The number of amides is 1. The molecule has 1 aliphatic heterocycles. The van der Waals surface area contributed by atoms with Crippen molar-refractivity contribution in [1.82, 2.24) is 10.2 Å². The number of nitrogens with zero attached hydrogens (tertiary/aromatic N) is 1. The standard InChI is InChI=1S/C15H21ClN2O3/c1-2-21-15(20)18-8-6-11(7-9-18)17-10-12-13(16)4-3-5-14(12)19/h3-5,11,17,19H,2,6-10H2,1H3. The number of phenols is 1. The van der Waals surface area contributed by atoms with E-state index in [1.54, 1.807) is 23.1 Å². The molecule has 0 spiro atoms. The van der Waals surface area contributed by atoms with E-state index in [0.717, 1.165) is 12.8 Å². The first-order valence-corrected chi connectivity index (χ1v) is 7.61. The summed E-state index contributed by atoms with van der Waals surface area (Å²) in [7, 11) is 0. The Hall–Kier alpha value is -1.46. The molecule has 0 aliphatic carbocycles. The van der Waals surface area contributed by atoms with Gasteiger partial charge in [0.2, 0.25) is 0 Å². The quantitative estimate of drug-likeness (QED) is 0.897. The third-order valence-electron chi connectivity index (χ3n) is 3.68. The third-order valence-corrected chi connectivity index (χ3v) is 4.04. The molecule has 1 aliphatic rings. The zero-order chi connectivity index (χ0) is 15.2. The highest BCUT2D eigenvalue weighted by molar-refractivity contribution is 6.31. The molecule has 1 fully saturated rings. The number of hydrogen-bond acceptors (Lipinski definition) is 4. The Balaban J connectivity index is 1.80. The van der Waals surface area contributed by atoms with Crippen LogP contribution in [0.5, 0.6) is 5.75 Å². The van der Waals surface area contributed by atoms with Crippen LogP contribution in [0.4, 0.5) is 4.79 Å². The van der Waals surface area contributed by atoms with Crippen LogP contribution in [0.25, 0.3) is 0 Å². The van der Waals surface area contributed by atoms with E-state index >= 15 is 0 Å². The number of ether oxygens (including phenoxy) is 1. The number of carbonyl (C=O) groups excluding carboxylic acids is 1. The van der Waals surface area contributed by atoms with Crippen molar-refractivity contribution < 1.29 is 14.6 Å². The molecule has 0 unspecified atom stereocenters. The van der Waals surface area contributed by atoms with Crippen LogP contribution in [0.15, 0.2) is 18.2 Å². The molecule has 0 radical (unpaired) electrons. The highest BCUT2D eigenvalue weighted by Crippen LogP contribution is 2.25. The van der Waals surface area contributed by atoms with Crippen LogP contribution in [0, 0.1) is 0 Å². The molecule has 0 bridgehead atoms. The van der Waals surface area contributed by atoms with Gasteiger partial charge in [0, 0.05) is 36.3 Å². The first kappa shape index (κ1) is 15.9. The first-order valence-electron chi connectivity index (χ1n) is 7.23. The lowest BCUT2D eigenvalue weighted by atomic mass is 10.0. The van der Waals surface area contributed by atoms with Crippen LogP contribution in [0.3, 0.4) is 0 Å². The number of hydrogen-bond donors (Lipinski definition) is 2. The molecule has 1 heterocycles. The Kier molecular flexibility index (Phi) is 5.70. The third kappa shape index (κ3) is 4.25. The largest absolute Gasteiger partial charge is 0.508 e. The Bertz CT molecular complexity index is 468. The fourth-order valence-electron chi connectivity index (χ4n) is 2.45. The average molecular weight is 313 g/mol. The molecule has 1 aromatic carbocycles. The topological polar surface area (TPSA) is 61.8 Å². The van der Waals surface area contributed by atoms with Crippen molar-refractivity contribution in [3.05, 3.63) is 28.8 Å². The minimum atomic E-state index is -0.236. The maximum Gasteiger partial charge on any atom is 0.409 e. The van der Waals surface area contributed by atoms with Crippen LogP contribution >= 0.6 is 11.6 Å². The molecule has 1 amide bonds. The maximum absolute atomic E-state index is 11.6. The highest BCUT2D eigenvalue weighted by Gasteiger charge is 2.23. The Labute approximate surface area is 129 Å². The van der Waals surface area contributed by atoms with E-state index < -0.39 is 0 Å². The minimum absolute atomic E-state index is 0.207. The predicted molar refractivity (Wildman–Crippen MR) is 81.6 cm³/mol. The number of phenolic OH excluding ortho intramolecular Hbond substituents is 1. The number of nitrogens with one attached hydrogen (secondary N) is 1. The molecule has 0 aromatic heterocycles. The zero-order valence-corrected chi connectivity index (χ0v) is 12.9. The lowest BCUT2D eigenvalue weighted by Crippen LogP contribution is -2.44. The van der Waals surface area contributed by atoms with Gasteiger partial charge in [0.1, 0.15) is 5.75 Å². The van der Waals surface area contributed by atoms with Crippen molar-refractivity contribution >= 4 is 17.7 Å². The van der Waals surface area contributed by atoms with Gasteiger partial charge in [-0.05, 0) is 31.9 Å². The van der Waals surface area contributed by atoms with Gasteiger partial charge in [-0.25, -0.2) is 4.79 Å². The fraction of sp³-hybridized carbons (Fsp3) is 0.533. The maximum atomic E-state index is 11.6. The normalized spacial score (nSPS) is 16.0. The molecule has 6 heteroatoms. The number of aromatic hydroxyl groups is 1. The summed E-state index contributed by atoms with van der Waals surface area (Å²) in [4.78, 5) is 13.3. The number of piperidine rings is 1. The van der Waals surface area contributed by atoms with E-state index in [4.69, 9.17) is 16.3 Å². The molecule has 2 rings (SSSR count). The van der Waals surface area contributed by atoms with Crippen molar-refractivity contribution in [2.24, 2.45) is 0 Å².